The summed E-state index contributed by atoms with van der Waals surface area (Å²) in [5, 5.41) is 13.9. The van der Waals surface area contributed by atoms with E-state index in [-0.39, 0.29) is 19.1 Å². The molecule has 69 heavy (non-hydrogen) atoms. The number of unbranched alkanes of at least 4 members (excludes halogenated alkanes) is 41. The number of nitrogens with zero attached hydrogens (tertiary/aromatic N) is 1. The fourth-order valence-corrected chi connectivity index (χ4v) is 9.90. The van der Waals surface area contributed by atoms with Crippen LogP contribution in [0.5, 0.6) is 0 Å². The van der Waals surface area contributed by atoms with Gasteiger partial charge in [0.05, 0.1) is 39.9 Å². The van der Waals surface area contributed by atoms with Gasteiger partial charge < -0.3 is 28.8 Å². The van der Waals surface area contributed by atoms with Gasteiger partial charge in [-0.2, -0.15) is 0 Å². The Morgan fingerprint density at radius 1 is 0.493 bits per heavy atom. The molecule has 3 atom stereocenters. The van der Waals surface area contributed by atoms with Gasteiger partial charge in [-0.25, -0.2) is 0 Å². The van der Waals surface area contributed by atoms with Gasteiger partial charge in [0.2, 0.25) is 5.91 Å². The number of hydrogen-bond acceptors (Lipinski definition) is 6. The van der Waals surface area contributed by atoms with Crippen molar-refractivity contribution in [3.63, 3.8) is 0 Å². The highest BCUT2D eigenvalue weighted by Crippen LogP contribution is 2.38. The van der Waals surface area contributed by atoms with Crippen LogP contribution < -0.4 is 10.2 Å². The molecular weight excluding hydrogens is 876 g/mol. The van der Waals surface area contributed by atoms with Crippen LogP contribution in [0, 0.1) is 0 Å². The number of rotatable bonds is 56. The fourth-order valence-electron chi connectivity index (χ4n) is 9.17. The van der Waals surface area contributed by atoms with Gasteiger partial charge in [0.25, 0.3) is 7.82 Å². The third-order valence-corrected chi connectivity index (χ3v) is 14.9. The lowest BCUT2D eigenvalue weighted by Crippen LogP contribution is -2.45. The molecule has 0 aliphatic rings. The maximum Gasteiger partial charge on any atom is 0.268 e. The Hall–Kier alpha value is -1.02. The van der Waals surface area contributed by atoms with Crippen molar-refractivity contribution in [2.24, 2.45) is 0 Å². The van der Waals surface area contributed by atoms with Gasteiger partial charge in [0.1, 0.15) is 13.2 Å². The molecule has 0 aromatic rings. The maximum absolute atomic E-state index is 13.0. The van der Waals surface area contributed by atoms with E-state index in [4.69, 9.17) is 9.05 Å². The molecule has 0 saturated carbocycles. The van der Waals surface area contributed by atoms with Crippen LogP contribution in [0.1, 0.15) is 303 Å². The van der Waals surface area contributed by atoms with Crippen molar-refractivity contribution in [3.05, 3.63) is 24.3 Å². The lowest BCUT2D eigenvalue weighted by Gasteiger charge is -2.29. The number of amides is 1. The first-order chi connectivity index (χ1) is 33.5. The topological polar surface area (TPSA) is 108 Å². The summed E-state index contributed by atoms with van der Waals surface area (Å²) in [6.07, 6.45) is 65.6. The molecule has 0 saturated heterocycles. The Labute approximate surface area is 430 Å². The molecule has 2 N–H and O–H groups in total. The summed E-state index contributed by atoms with van der Waals surface area (Å²) in [6, 6.07) is -0.900. The van der Waals surface area contributed by atoms with Gasteiger partial charge in [-0.05, 0) is 32.1 Å². The number of phosphoric ester groups is 1. The van der Waals surface area contributed by atoms with Crippen molar-refractivity contribution < 1.29 is 32.9 Å². The van der Waals surface area contributed by atoms with Gasteiger partial charge in [0, 0.05) is 6.42 Å². The summed E-state index contributed by atoms with van der Waals surface area (Å²) in [4.78, 5) is 25.5. The summed E-state index contributed by atoms with van der Waals surface area (Å²) in [5.41, 5.74) is 0. The summed E-state index contributed by atoms with van der Waals surface area (Å²) in [7, 11) is 1.26. The van der Waals surface area contributed by atoms with E-state index in [1.165, 1.54) is 244 Å². The second kappa shape index (κ2) is 51.9. The highest BCUT2D eigenvalue weighted by molar-refractivity contribution is 7.45. The first-order valence-corrected chi connectivity index (χ1v) is 31.7. The highest BCUT2D eigenvalue weighted by Gasteiger charge is 2.23. The average molecular weight is 996 g/mol. The molecule has 410 valence electrons. The smallest absolute Gasteiger partial charge is 0.268 e. The van der Waals surface area contributed by atoms with E-state index < -0.39 is 20.0 Å². The molecular formula is C60H119N2O6P. The zero-order valence-electron chi connectivity index (χ0n) is 46.8. The molecule has 0 fully saturated rings. The van der Waals surface area contributed by atoms with Crippen LogP contribution in [-0.4, -0.2) is 68.5 Å². The first kappa shape index (κ1) is 68.0. The second-order valence-corrected chi connectivity index (χ2v) is 23.5. The normalized spacial score (nSPS) is 14.0. The predicted molar refractivity (Wildman–Crippen MR) is 298 cm³/mol. The molecule has 0 spiro atoms. The van der Waals surface area contributed by atoms with Gasteiger partial charge in [-0.15, -0.1) is 0 Å². The van der Waals surface area contributed by atoms with Gasteiger partial charge in [0.15, 0.2) is 0 Å². The van der Waals surface area contributed by atoms with Gasteiger partial charge in [-0.3, -0.25) is 9.36 Å². The Kier molecular flexibility index (Phi) is 51.1. The lowest BCUT2D eigenvalue weighted by molar-refractivity contribution is -0.870. The fraction of sp³-hybridized carbons (Fsp3) is 0.917. The number of nitrogens with one attached hydrogen (secondary N) is 1. The van der Waals surface area contributed by atoms with E-state index in [0.29, 0.717) is 17.4 Å². The van der Waals surface area contributed by atoms with Crippen molar-refractivity contribution in [2.75, 3.05) is 40.9 Å². The molecule has 0 radical (unpaired) electrons. The molecule has 0 rings (SSSR count). The van der Waals surface area contributed by atoms with Crippen molar-refractivity contribution in [3.8, 4) is 0 Å². The number of carbonyl (C=O) groups is 1. The molecule has 0 aromatic heterocycles. The number of quaternary nitrogens is 1. The number of phosphoric acid groups is 1. The van der Waals surface area contributed by atoms with E-state index >= 15 is 0 Å². The number of carbonyl (C=O) groups excluding carboxylic acids is 1. The van der Waals surface area contributed by atoms with Gasteiger partial charge >= 0.3 is 0 Å². The molecule has 3 unspecified atom stereocenters. The Bertz CT molecular complexity index is 1170. The number of allylic oxidation sites excluding steroid dienone is 3. The molecule has 9 heteroatoms. The first-order valence-electron chi connectivity index (χ1n) is 30.2. The van der Waals surface area contributed by atoms with E-state index in [1.807, 2.05) is 27.2 Å². The molecule has 0 aliphatic carbocycles. The number of aliphatic hydroxyl groups is 1. The van der Waals surface area contributed by atoms with Crippen LogP contribution in [-0.2, 0) is 18.4 Å². The van der Waals surface area contributed by atoms with Crippen molar-refractivity contribution in [2.45, 2.75) is 315 Å². The second-order valence-electron chi connectivity index (χ2n) is 22.1. The third-order valence-electron chi connectivity index (χ3n) is 13.9. The zero-order valence-corrected chi connectivity index (χ0v) is 47.7. The summed E-state index contributed by atoms with van der Waals surface area (Å²) in [5.74, 6) is -0.201. The Morgan fingerprint density at radius 3 is 1.17 bits per heavy atom. The molecule has 0 heterocycles. The minimum atomic E-state index is -4.60. The van der Waals surface area contributed by atoms with E-state index in [0.717, 1.165) is 38.5 Å². The van der Waals surface area contributed by atoms with Crippen LogP contribution in [0.15, 0.2) is 24.3 Å². The summed E-state index contributed by atoms with van der Waals surface area (Å²) in [6.45, 7) is 4.68. The van der Waals surface area contributed by atoms with Gasteiger partial charge in [-0.1, -0.05) is 289 Å². The molecule has 0 aromatic carbocycles. The largest absolute Gasteiger partial charge is 0.756 e. The predicted octanol–water partition coefficient (Wildman–Crippen LogP) is 17.7. The number of aliphatic hydroxyl groups excluding tert-OH is 1. The van der Waals surface area contributed by atoms with E-state index in [2.05, 4.69) is 31.3 Å². The molecule has 0 aliphatic heterocycles. The SMILES string of the molecule is CCCCCCCCCCCCCCCCCCCCCCCCC/C=C/CC/C=C/C(O)C(COP(=O)([O-])OCC[N+](C)(C)C)NC(=O)CCCCCCCCCCCCCCCCCCCC. The minimum Gasteiger partial charge on any atom is -0.756 e. The Balaban J connectivity index is 4.16. The van der Waals surface area contributed by atoms with Crippen LogP contribution in [0.2, 0.25) is 0 Å². The van der Waals surface area contributed by atoms with Crippen molar-refractivity contribution in [1.82, 2.24) is 5.32 Å². The lowest BCUT2D eigenvalue weighted by atomic mass is 10.0. The number of hydrogen-bond donors (Lipinski definition) is 2. The van der Waals surface area contributed by atoms with E-state index in [9.17, 15) is 19.4 Å². The summed E-state index contributed by atoms with van der Waals surface area (Å²) < 4.78 is 23.3. The standard InChI is InChI=1S/C60H119N2O6P/c1-6-8-10-12-14-16-18-20-22-24-26-27-28-29-30-31-32-33-34-35-36-37-39-41-43-45-47-49-51-53-59(63)58(57-68-69(65,66)67-56-55-62(3,4)5)61-60(64)54-52-50-48-46-44-42-40-38-25-23-21-19-17-15-13-11-9-7-2/h43,45,51,53,58-59,63H,6-42,44,46-50,52,54-57H2,1-5H3,(H-,61,64,65,66)/b45-43+,53-51+. The Morgan fingerprint density at radius 2 is 0.812 bits per heavy atom. The quantitative estimate of drug-likeness (QED) is 0.0272. The molecule has 1 amide bonds. The maximum atomic E-state index is 13.0. The minimum absolute atomic E-state index is 0.00368. The highest BCUT2D eigenvalue weighted by atomic mass is 31.2. The zero-order chi connectivity index (χ0) is 50.6. The monoisotopic (exact) mass is 995 g/mol. The number of likely N-dealkylation sites (N-methyl/N-ethyl adjacent to an activating group) is 1. The van der Waals surface area contributed by atoms with Crippen LogP contribution >= 0.6 is 7.82 Å². The molecule has 0 bridgehead atoms. The third kappa shape index (κ3) is 54.6. The van der Waals surface area contributed by atoms with Crippen LogP contribution in [0.4, 0.5) is 0 Å². The summed E-state index contributed by atoms with van der Waals surface area (Å²) >= 11 is 0. The van der Waals surface area contributed by atoms with Crippen LogP contribution in [0.3, 0.4) is 0 Å². The van der Waals surface area contributed by atoms with Crippen molar-refractivity contribution >= 4 is 13.7 Å². The van der Waals surface area contributed by atoms with Crippen LogP contribution in [0.25, 0.3) is 0 Å². The van der Waals surface area contributed by atoms with Crippen molar-refractivity contribution in [1.29, 1.82) is 0 Å². The van der Waals surface area contributed by atoms with E-state index in [1.54, 1.807) is 6.08 Å². The molecule has 8 nitrogen and oxygen atoms in total. The average Bonchev–Trinajstić information content (AvgIpc) is 3.31.